The van der Waals surface area contributed by atoms with Crippen molar-refractivity contribution in [1.29, 1.82) is 5.26 Å². The molecule has 2 rings (SSSR count). The normalized spacial score (nSPS) is 22.2. The SMILES string of the molecule is CCc1ccc(C2CCC(CC/C=C/C=C/C#N)CC2)cc1. The highest BCUT2D eigenvalue weighted by molar-refractivity contribution is 5.25. The molecule has 0 heterocycles. The minimum absolute atomic E-state index is 0.774. The summed E-state index contributed by atoms with van der Waals surface area (Å²) in [6.07, 6.45) is 16.5. The minimum atomic E-state index is 0.774. The molecule has 0 saturated heterocycles. The largest absolute Gasteiger partial charge is 0.193 e. The molecule has 0 aromatic heterocycles. The highest BCUT2D eigenvalue weighted by atomic mass is 14.3. The number of aryl methyl sites for hydroxylation is 1. The summed E-state index contributed by atoms with van der Waals surface area (Å²) in [4.78, 5) is 0. The summed E-state index contributed by atoms with van der Waals surface area (Å²) in [5.74, 6) is 1.66. The number of hydrogen-bond donors (Lipinski definition) is 0. The second-order valence-electron chi connectivity index (χ2n) is 6.31. The van der Waals surface area contributed by atoms with Gasteiger partial charge in [-0.25, -0.2) is 0 Å². The fraction of sp³-hybridized carbons (Fsp3) is 0.476. The Balaban J connectivity index is 1.72. The lowest BCUT2D eigenvalue weighted by molar-refractivity contribution is 0.312. The molecule has 0 bridgehead atoms. The van der Waals surface area contributed by atoms with Crippen molar-refractivity contribution in [3.63, 3.8) is 0 Å². The number of nitrogens with zero attached hydrogens (tertiary/aromatic N) is 1. The summed E-state index contributed by atoms with van der Waals surface area (Å²) in [7, 11) is 0. The lowest BCUT2D eigenvalue weighted by Gasteiger charge is -2.28. The van der Waals surface area contributed by atoms with E-state index >= 15 is 0 Å². The number of hydrogen-bond acceptors (Lipinski definition) is 1. The molecule has 0 amide bonds. The zero-order valence-corrected chi connectivity index (χ0v) is 13.7. The molecule has 1 aromatic rings. The molecule has 1 aliphatic carbocycles. The quantitative estimate of drug-likeness (QED) is 0.470. The first kappa shape index (κ1) is 16.6. The predicted molar refractivity (Wildman–Crippen MR) is 93.6 cm³/mol. The van der Waals surface area contributed by atoms with Crippen LogP contribution in [-0.4, -0.2) is 0 Å². The predicted octanol–water partition coefficient (Wildman–Crippen LogP) is 5.94. The third-order valence-electron chi connectivity index (χ3n) is 4.87. The molecular formula is C21H27N. The summed E-state index contributed by atoms with van der Waals surface area (Å²) >= 11 is 0. The molecule has 1 aromatic carbocycles. The second kappa shape index (κ2) is 9.26. The first-order valence-corrected chi connectivity index (χ1v) is 8.63. The van der Waals surface area contributed by atoms with Crippen molar-refractivity contribution >= 4 is 0 Å². The van der Waals surface area contributed by atoms with Gasteiger partial charge in [-0.15, -0.1) is 0 Å². The Morgan fingerprint density at radius 3 is 2.45 bits per heavy atom. The molecular weight excluding hydrogens is 266 g/mol. The van der Waals surface area contributed by atoms with Crippen molar-refractivity contribution in [2.24, 2.45) is 5.92 Å². The van der Waals surface area contributed by atoms with E-state index in [1.165, 1.54) is 49.3 Å². The van der Waals surface area contributed by atoms with Crippen molar-refractivity contribution in [2.45, 2.75) is 57.8 Å². The van der Waals surface area contributed by atoms with Crippen molar-refractivity contribution in [3.8, 4) is 6.07 Å². The maximum atomic E-state index is 8.40. The molecule has 1 nitrogen and oxygen atoms in total. The van der Waals surface area contributed by atoms with Crippen LogP contribution in [-0.2, 0) is 6.42 Å². The lowest BCUT2D eigenvalue weighted by atomic mass is 9.77. The van der Waals surface area contributed by atoms with E-state index in [1.807, 2.05) is 18.2 Å². The second-order valence-corrected chi connectivity index (χ2v) is 6.31. The average molecular weight is 293 g/mol. The molecule has 0 aliphatic heterocycles. The van der Waals surface area contributed by atoms with Crippen LogP contribution in [0.15, 0.2) is 48.6 Å². The molecule has 1 heteroatoms. The summed E-state index contributed by atoms with van der Waals surface area (Å²) in [6.45, 7) is 2.21. The van der Waals surface area contributed by atoms with Gasteiger partial charge in [0.05, 0.1) is 6.07 Å². The fourth-order valence-corrected chi connectivity index (χ4v) is 3.42. The first-order valence-electron chi connectivity index (χ1n) is 8.63. The first-order chi connectivity index (χ1) is 10.8. The van der Waals surface area contributed by atoms with Crippen LogP contribution in [0.3, 0.4) is 0 Å². The summed E-state index contributed by atoms with van der Waals surface area (Å²) in [6, 6.07) is 11.3. The topological polar surface area (TPSA) is 23.8 Å². The molecule has 0 N–H and O–H groups in total. The molecule has 0 atom stereocenters. The molecule has 22 heavy (non-hydrogen) atoms. The van der Waals surface area contributed by atoms with E-state index in [4.69, 9.17) is 5.26 Å². The molecule has 0 spiro atoms. The number of rotatable bonds is 6. The van der Waals surface area contributed by atoms with Crippen molar-refractivity contribution in [2.75, 3.05) is 0 Å². The molecule has 1 aliphatic rings. The minimum Gasteiger partial charge on any atom is -0.193 e. The monoisotopic (exact) mass is 293 g/mol. The Morgan fingerprint density at radius 2 is 1.82 bits per heavy atom. The number of benzene rings is 1. The van der Waals surface area contributed by atoms with E-state index in [0.29, 0.717) is 0 Å². The maximum absolute atomic E-state index is 8.40. The van der Waals surface area contributed by atoms with Gasteiger partial charge in [-0.2, -0.15) is 5.26 Å². The van der Waals surface area contributed by atoms with Gasteiger partial charge in [-0.05, 0) is 67.9 Å². The Morgan fingerprint density at radius 1 is 1.09 bits per heavy atom. The van der Waals surface area contributed by atoms with Crippen LogP contribution in [0.2, 0.25) is 0 Å². The Hall–Kier alpha value is -1.81. The van der Waals surface area contributed by atoms with Gasteiger partial charge in [0.15, 0.2) is 0 Å². The van der Waals surface area contributed by atoms with Crippen LogP contribution in [0.5, 0.6) is 0 Å². The Bertz CT molecular complexity index is 522. The Labute approximate surface area is 135 Å². The summed E-state index contributed by atoms with van der Waals surface area (Å²) < 4.78 is 0. The van der Waals surface area contributed by atoms with Gasteiger partial charge in [0.1, 0.15) is 0 Å². The van der Waals surface area contributed by atoms with Gasteiger partial charge in [-0.1, -0.05) is 49.4 Å². The van der Waals surface area contributed by atoms with Crippen LogP contribution in [0.1, 0.15) is 62.5 Å². The van der Waals surface area contributed by atoms with Gasteiger partial charge < -0.3 is 0 Å². The van der Waals surface area contributed by atoms with Gasteiger partial charge in [-0.3, -0.25) is 0 Å². The Kier molecular flexibility index (Phi) is 6.97. The van der Waals surface area contributed by atoms with E-state index in [2.05, 4.69) is 37.3 Å². The smallest absolute Gasteiger partial charge is 0.0912 e. The van der Waals surface area contributed by atoms with Gasteiger partial charge in [0, 0.05) is 6.08 Å². The summed E-state index contributed by atoms with van der Waals surface area (Å²) in [5.41, 5.74) is 2.98. The lowest BCUT2D eigenvalue weighted by Crippen LogP contribution is -2.13. The van der Waals surface area contributed by atoms with Crippen molar-refractivity contribution in [1.82, 2.24) is 0 Å². The number of nitriles is 1. The zero-order chi connectivity index (χ0) is 15.6. The summed E-state index contributed by atoms with van der Waals surface area (Å²) in [5, 5.41) is 8.40. The van der Waals surface area contributed by atoms with E-state index in [0.717, 1.165) is 24.7 Å². The van der Waals surface area contributed by atoms with Crippen molar-refractivity contribution < 1.29 is 0 Å². The van der Waals surface area contributed by atoms with Crippen LogP contribution >= 0.6 is 0 Å². The van der Waals surface area contributed by atoms with Crippen LogP contribution in [0.4, 0.5) is 0 Å². The molecule has 0 unspecified atom stereocenters. The third-order valence-corrected chi connectivity index (χ3v) is 4.87. The maximum Gasteiger partial charge on any atom is 0.0912 e. The zero-order valence-electron chi connectivity index (χ0n) is 13.7. The highest BCUT2D eigenvalue weighted by Crippen LogP contribution is 2.37. The van der Waals surface area contributed by atoms with Gasteiger partial charge >= 0.3 is 0 Å². The average Bonchev–Trinajstić information content (AvgIpc) is 2.59. The molecule has 1 saturated carbocycles. The molecule has 1 fully saturated rings. The van der Waals surface area contributed by atoms with Crippen molar-refractivity contribution in [3.05, 3.63) is 59.7 Å². The van der Waals surface area contributed by atoms with E-state index in [-0.39, 0.29) is 0 Å². The molecule has 116 valence electrons. The van der Waals surface area contributed by atoms with E-state index in [1.54, 1.807) is 0 Å². The van der Waals surface area contributed by atoms with E-state index < -0.39 is 0 Å². The highest BCUT2D eigenvalue weighted by Gasteiger charge is 2.21. The van der Waals surface area contributed by atoms with Gasteiger partial charge in [0.2, 0.25) is 0 Å². The van der Waals surface area contributed by atoms with Crippen LogP contribution in [0, 0.1) is 17.2 Å². The molecule has 0 radical (unpaired) electrons. The fourth-order valence-electron chi connectivity index (χ4n) is 3.42. The number of allylic oxidation sites excluding steroid dienone is 4. The van der Waals surface area contributed by atoms with Crippen LogP contribution in [0.25, 0.3) is 0 Å². The standard InChI is InChI=1S/C21H27N/c1-2-18-9-13-20(14-10-18)21-15-11-19(12-16-21)8-6-4-3-5-7-17-22/h3-5,7,9-10,13-14,19,21H,2,6,8,11-12,15-16H2,1H3/b4-3+,7-5+. The van der Waals surface area contributed by atoms with Crippen LogP contribution < -0.4 is 0 Å². The third kappa shape index (κ3) is 5.19. The van der Waals surface area contributed by atoms with E-state index in [9.17, 15) is 0 Å². The van der Waals surface area contributed by atoms with Gasteiger partial charge in [0.25, 0.3) is 0 Å².